The lowest BCUT2D eigenvalue weighted by Crippen LogP contribution is -2.45. The van der Waals surface area contributed by atoms with E-state index in [0.29, 0.717) is 32.5 Å². The van der Waals surface area contributed by atoms with Crippen LogP contribution in [0.1, 0.15) is 37.1 Å². The van der Waals surface area contributed by atoms with Gasteiger partial charge in [0.15, 0.2) is 5.79 Å². The third-order valence-electron chi connectivity index (χ3n) is 4.51. The van der Waals surface area contributed by atoms with Crippen LogP contribution in [0.4, 0.5) is 0 Å². The standard InChI is InChI=1S/C14H21BrN2O3/c1-10-12(15)11(17(2)16-10)9-13(18)3-5-14(6-4-13)19-7-8-20-14/h18H,3-9H2,1-2H3. The summed E-state index contributed by atoms with van der Waals surface area (Å²) in [6, 6.07) is 0. The van der Waals surface area contributed by atoms with E-state index in [2.05, 4.69) is 21.0 Å². The predicted molar refractivity (Wildman–Crippen MR) is 77.4 cm³/mol. The molecule has 2 aliphatic rings. The lowest BCUT2D eigenvalue weighted by atomic mass is 9.78. The molecule has 0 bridgehead atoms. The molecule has 0 atom stereocenters. The molecule has 0 amide bonds. The summed E-state index contributed by atoms with van der Waals surface area (Å²) >= 11 is 3.57. The Morgan fingerprint density at radius 3 is 2.35 bits per heavy atom. The number of rotatable bonds is 2. The van der Waals surface area contributed by atoms with Crippen molar-refractivity contribution in [2.75, 3.05) is 13.2 Å². The molecule has 2 fully saturated rings. The summed E-state index contributed by atoms with van der Waals surface area (Å²) in [5.74, 6) is -0.425. The SMILES string of the molecule is Cc1nn(C)c(CC2(O)CCC3(CC2)OCCO3)c1Br. The molecule has 2 heterocycles. The first-order chi connectivity index (χ1) is 9.43. The minimum absolute atomic E-state index is 0.425. The van der Waals surface area contributed by atoms with Gasteiger partial charge in [-0.1, -0.05) is 0 Å². The maximum atomic E-state index is 10.9. The number of aryl methyl sites for hydroxylation is 2. The fraction of sp³-hybridized carbons (Fsp3) is 0.786. The van der Waals surface area contributed by atoms with Crippen molar-refractivity contribution in [3.63, 3.8) is 0 Å². The number of halogens is 1. The number of hydrogen-bond acceptors (Lipinski definition) is 4. The monoisotopic (exact) mass is 344 g/mol. The average Bonchev–Trinajstić information content (AvgIpc) is 2.96. The Balaban J connectivity index is 1.71. The van der Waals surface area contributed by atoms with Gasteiger partial charge in [-0.15, -0.1) is 0 Å². The molecule has 1 N–H and O–H groups in total. The molecular weight excluding hydrogens is 324 g/mol. The maximum Gasteiger partial charge on any atom is 0.168 e. The lowest BCUT2D eigenvalue weighted by molar-refractivity contribution is -0.202. The number of aliphatic hydroxyl groups is 1. The summed E-state index contributed by atoms with van der Waals surface area (Å²) in [6.07, 6.45) is 3.53. The van der Waals surface area contributed by atoms with Crippen LogP contribution in [-0.4, -0.2) is 39.5 Å². The first-order valence-electron chi connectivity index (χ1n) is 7.11. The summed E-state index contributed by atoms with van der Waals surface area (Å²) in [5, 5.41) is 15.2. The van der Waals surface area contributed by atoms with Gasteiger partial charge < -0.3 is 14.6 Å². The smallest absolute Gasteiger partial charge is 0.168 e. The van der Waals surface area contributed by atoms with E-state index < -0.39 is 11.4 Å². The topological polar surface area (TPSA) is 56.5 Å². The molecular formula is C14H21BrN2O3. The second-order valence-electron chi connectivity index (χ2n) is 5.98. The average molecular weight is 345 g/mol. The van der Waals surface area contributed by atoms with Gasteiger partial charge in [-0.2, -0.15) is 5.10 Å². The highest BCUT2D eigenvalue weighted by atomic mass is 79.9. The van der Waals surface area contributed by atoms with Gasteiger partial charge in [-0.05, 0) is 35.7 Å². The van der Waals surface area contributed by atoms with Crippen molar-refractivity contribution in [3.05, 3.63) is 15.9 Å². The van der Waals surface area contributed by atoms with Gasteiger partial charge in [0.2, 0.25) is 0 Å². The molecule has 1 saturated carbocycles. The molecule has 1 saturated heterocycles. The lowest BCUT2D eigenvalue weighted by Gasteiger charge is -2.40. The van der Waals surface area contributed by atoms with Gasteiger partial charge in [0.25, 0.3) is 0 Å². The number of ether oxygens (including phenoxy) is 2. The van der Waals surface area contributed by atoms with Gasteiger partial charge >= 0.3 is 0 Å². The van der Waals surface area contributed by atoms with Gasteiger partial charge in [-0.25, -0.2) is 0 Å². The van der Waals surface area contributed by atoms with Crippen molar-refractivity contribution in [2.24, 2.45) is 7.05 Å². The van der Waals surface area contributed by atoms with Crippen LogP contribution in [0.15, 0.2) is 4.47 Å². The minimum atomic E-state index is -0.691. The first-order valence-corrected chi connectivity index (χ1v) is 7.91. The highest BCUT2D eigenvalue weighted by Gasteiger charge is 2.45. The molecule has 1 aliphatic carbocycles. The van der Waals surface area contributed by atoms with E-state index in [1.807, 2.05) is 18.7 Å². The Morgan fingerprint density at radius 1 is 1.25 bits per heavy atom. The maximum absolute atomic E-state index is 10.9. The zero-order chi connectivity index (χ0) is 14.4. The first kappa shape index (κ1) is 14.5. The Morgan fingerprint density at radius 2 is 1.85 bits per heavy atom. The molecule has 20 heavy (non-hydrogen) atoms. The van der Waals surface area contributed by atoms with E-state index in [1.165, 1.54) is 0 Å². The van der Waals surface area contributed by atoms with Crippen molar-refractivity contribution >= 4 is 15.9 Å². The third-order valence-corrected chi connectivity index (χ3v) is 5.55. The Labute approximate surface area is 127 Å². The van der Waals surface area contributed by atoms with Crippen molar-refractivity contribution < 1.29 is 14.6 Å². The second-order valence-corrected chi connectivity index (χ2v) is 6.77. The molecule has 1 aliphatic heterocycles. The quantitative estimate of drug-likeness (QED) is 0.892. The summed E-state index contributed by atoms with van der Waals surface area (Å²) in [6.45, 7) is 3.31. The fourth-order valence-electron chi connectivity index (χ4n) is 3.24. The summed E-state index contributed by atoms with van der Waals surface area (Å²) in [4.78, 5) is 0. The van der Waals surface area contributed by atoms with Crippen molar-refractivity contribution in [1.82, 2.24) is 9.78 Å². The summed E-state index contributed by atoms with van der Waals surface area (Å²) in [5.41, 5.74) is 1.32. The number of hydrogen-bond donors (Lipinski definition) is 1. The van der Waals surface area contributed by atoms with E-state index >= 15 is 0 Å². The number of nitrogens with zero attached hydrogens (tertiary/aromatic N) is 2. The van der Waals surface area contributed by atoms with E-state index in [9.17, 15) is 5.11 Å². The Bertz CT molecular complexity index is 499. The van der Waals surface area contributed by atoms with Crippen molar-refractivity contribution in [1.29, 1.82) is 0 Å². The van der Waals surface area contributed by atoms with Crippen LogP contribution < -0.4 is 0 Å². The minimum Gasteiger partial charge on any atom is -0.389 e. The molecule has 0 unspecified atom stereocenters. The van der Waals surface area contributed by atoms with E-state index in [0.717, 1.165) is 28.7 Å². The molecule has 0 radical (unpaired) electrons. The van der Waals surface area contributed by atoms with Crippen LogP contribution in [0.3, 0.4) is 0 Å². The molecule has 1 aromatic heterocycles. The van der Waals surface area contributed by atoms with Crippen LogP contribution in [0.25, 0.3) is 0 Å². The van der Waals surface area contributed by atoms with Crippen LogP contribution in [-0.2, 0) is 22.9 Å². The normalized spacial score (nSPS) is 24.4. The highest BCUT2D eigenvalue weighted by Crippen LogP contribution is 2.42. The molecule has 1 spiro atoms. The van der Waals surface area contributed by atoms with Crippen LogP contribution >= 0.6 is 15.9 Å². The van der Waals surface area contributed by atoms with Crippen LogP contribution in [0.2, 0.25) is 0 Å². The molecule has 0 aromatic carbocycles. The van der Waals surface area contributed by atoms with Crippen molar-refractivity contribution in [3.8, 4) is 0 Å². The van der Waals surface area contributed by atoms with Crippen LogP contribution in [0, 0.1) is 6.92 Å². The zero-order valence-electron chi connectivity index (χ0n) is 12.0. The third kappa shape index (κ3) is 2.54. The molecule has 3 rings (SSSR count). The van der Waals surface area contributed by atoms with Gasteiger partial charge in [0, 0.05) is 26.3 Å². The number of aromatic nitrogens is 2. The highest BCUT2D eigenvalue weighted by molar-refractivity contribution is 9.10. The van der Waals surface area contributed by atoms with Crippen molar-refractivity contribution in [2.45, 2.75) is 50.4 Å². The zero-order valence-corrected chi connectivity index (χ0v) is 13.6. The largest absolute Gasteiger partial charge is 0.389 e. The van der Waals surface area contributed by atoms with E-state index in [-0.39, 0.29) is 0 Å². The van der Waals surface area contributed by atoms with E-state index in [4.69, 9.17) is 9.47 Å². The van der Waals surface area contributed by atoms with Crippen LogP contribution in [0.5, 0.6) is 0 Å². The second kappa shape index (κ2) is 5.09. The summed E-state index contributed by atoms with van der Waals surface area (Å²) in [7, 11) is 1.92. The summed E-state index contributed by atoms with van der Waals surface area (Å²) < 4.78 is 14.3. The van der Waals surface area contributed by atoms with Gasteiger partial charge in [-0.3, -0.25) is 4.68 Å². The fourth-order valence-corrected chi connectivity index (χ4v) is 3.72. The van der Waals surface area contributed by atoms with Gasteiger partial charge in [0.1, 0.15) is 0 Å². The van der Waals surface area contributed by atoms with E-state index in [1.54, 1.807) is 0 Å². The molecule has 6 heteroatoms. The van der Waals surface area contributed by atoms with Gasteiger partial charge in [0.05, 0.1) is 34.7 Å². The predicted octanol–water partition coefficient (Wildman–Crippen LogP) is 2.08. The molecule has 1 aromatic rings. The Kier molecular flexibility index (Phi) is 3.69. The molecule has 112 valence electrons. The molecule has 5 nitrogen and oxygen atoms in total. The Hall–Kier alpha value is -0.430.